The van der Waals surface area contributed by atoms with E-state index in [9.17, 15) is 19.1 Å². The smallest absolute Gasteiger partial charge is 0.360 e. The number of benzene rings is 2. The van der Waals surface area contributed by atoms with Gasteiger partial charge in [0.1, 0.15) is 18.2 Å². The minimum atomic E-state index is -1.46. The van der Waals surface area contributed by atoms with Gasteiger partial charge in [-0.1, -0.05) is 18.7 Å². The van der Waals surface area contributed by atoms with E-state index in [4.69, 9.17) is 4.74 Å². The number of ether oxygens (including phenoxy) is 1. The predicted molar refractivity (Wildman–Crippen MR) is 89.9 cm³/mol. The van der Waals surface area contributed by atoms with Crippen molar-refractivity contribution >= 4 is 16.9 Å². The average molecular weight is 340 g/mol. The first-order valence-corrected chi connectivity index (χ1v) is 7.32. The summed E-state index contributed by atoms with van der Waals surface area (Å²) < 4.78 is 19.9. The van der Waals surface area contributed by atoms with Gasteiger partial charge in [-0.05, 0) is 36.4 Å². The number of nitrogens with zero attached hydrogens (tertiary/aromatic N) is 2. The van der Waals surface area contributed by atoms with E-state index in [0.29, 0.717) is 11.2 Å². The van der Waals surface area contributed by atoms with Crippen LogP contribution < -0.4 is 10.2 Å². The first-order chi connectivity index (χ1) is 12.0. The van der Waals surface area contributed by atoms with Crippen LogP contribution in [-0.4, -0.2) is 27.5 Å². The summed E-state index contributed by atoms with van der Waals surface area (Å²) in [6.45, 7) is 3.70. The van der Waals surface area contributed by atoms with Gasteiger partial charge in [0.05, 0.1) is 16.6 Å². The lowest BCUT2D eigenvalue weighted by molar-refractivity contribution is 0.0687. The molecule has 0 bridgehead atoms. The monoisotopic (exact) mass is 340 g/mol. The molecule has 1 N–H and O–H groups in total. The summed E-state index contributed by atoms with van der Waals surface area (Å²) in [6, 6.07) is 10.2. The fraction of sp³-hybridized carbons (Fsp3) is 0.0556. The van der Waals surface area contributed by atoms with E-state index in [0.717, 1.165) is 0 Å². The average Bonchev–Trinajstić information content (AvgIpc) is 2.61. The molecule has 3 rings (SSSR count). The quantitative estimate of drug-likeness (QED) is 0.722. The Morgan fingerprint density at radius 2 is 2.00 bits per heavy atom. The van der Waals surface area contributed by atoms with Gasteiger partial charge in [0.15, 0.2) is 0 Å². The lowest BCUT2D eigenvalue weighted by Gasteiger charge is -2.13. The Hall–Kier alpha value is -3.48. The Kier molecular flexibility index (Phi) is 4.30. The van der Waals surface area contributed by atoms with Crippen molar-refractivity contribution in [3.05, 3.63) is 76.9 Å². The molecule has 25 heavy (non-hydrogen) atoms. The highest BCUT2D eigenvalue weighted by molar-refractivity contribution is 5.93. The Labute approximate surface area is 141 Å². The molecular formula is C18H13FN2O4. The van der Waals surface area contributed by atoms with Crippen LogP contribution in [0.5, 0.6) is 5.75 Å². The lowest BCUT2D eigenvalue weighted by Crippen LogP contribution is -2.23. The molecule has 0 aliphatic carbocycles. The fourth-order valence-corrected chi connectivity index (χ4v) is 2.43. The highest BCUT2D eigenvalue weighted by Crippen LogP contribution is 2.24. The van der Waals surface area contributed by atoms with Crippen LogP contribution in [0.25, 0.3) is 16.6 Å². The molecule has 126 valence electrons. The normalized spacial score (nSPS) is 10.6. The fourth-order valence-electron chi connectivity index (χ4n) is 2.43. The third-order valence-corrected chi connectivity index (χ3v) is 3.51. The van der Waals surface area contributed by atoms with E-state index >= 15 is 0 Å². The second kappa shape index (κ2) is 6.56. The third kappa shape index (κ3) is 2.99. The van der Waals surface area contributed by atoms with Gasteiger partial charge in [-0.25, -0.2) is 13.9 Å². The van der Waals surface area contributed by atoms with Crippen LogP contribution >= 0.6 is 0 Å². The molecule has 0 atom stereocenters. The van der Waals surface area contributed by atoms with Crippen molar-refractivity contribution < 1.29 is 19.0 Å². The zero-order chi connectivity index (χ0) is 18.0. The Balaban J connectivity index is 2.38. The highest BCUT2D eigenvalue weighted by Gasteiger charge is 2.20. The van der Waals surface area contributed by atoms with Crippen molar-refractivity contribution in [2.75, 3.05) is 6.61 Å². The number of hydrogen-bond acceptors (Lipinski definition) is 4. The SMILES string of the molecule is C=CCOc1cccc2c1c(=O)c(C(=O)O)nn2-c1ccc(F)cc1. The highest BCUT2D eigenvalue weighted by atomic mass is 19.1. The molecule has 0 aliphatic heterocycles. The second-order valence-corrected chi connectivity index (χ2v) is 5.12. The van der Waals surface area contributed by atoms with Crippen molar-refractivity contribution in [3.63, 3.8) is 0 Å². The van der Waals surface area contributed by atoms with Crippen molar-refractivity contribution in [1.29, 1.82) is 0 Å². The molecule has 0 radical (unpaired) electrons. The molecule has 0 spiro atoms. The number of aromatic carboxylic acids is 1. The van der Waals surface area contributed by atoms with Crippen LogP contribution in [0, 0.1) is 5.82 Å². The number of aromatic nitrogens is 2. The van der Waals surface area contributed by atoms with Gasteiger partial charge in [-0.2, -0.15) is 5.10 Å². The van der Waals surface area contributed by atoms with Crippen molar-refractivity contribution in [2.45, 2.75) is 0 Å². The summed E-state index contributed by atoms with van der Waals surface area (Å²) in [5, 5.41) is 13.3. The molecule has 1 heterocycles. The summed E-state index contributed by atoms with van der Waals surface area (Å²) in [4.78, 5) is 24.0. The molecule has 0 fully saturated rings. The van der Waals surface area contributed by atoms with Gasteiger partial charge < -0.3 is 9.84 Å². The second-order valence-electron chi connectivity index (χ2n) is 5.12. The van der Waals surface area contributed by atoms with Crippen molar-refractivity contribution in [3.8, 4) is 11.4 Å². The van der Waals surface area contributed by atoms with Gasteiger partial charge in [0.2, 0.25) is 11.1 Å². The minimum absolute atomic E-state index is 0.0843. The number of hydrogen-bond donors (Lipinski definition) is 1. The predicted octanol–water partition coefficient (Wildman–Crippen LogP) is 2.79. The minimum Gasteiger partial charge on any atom is -0.489 e. The van der Waals surface area contributed by atoms with E-state index in [1.54, 1.807) is 18.2 Å². The van der Waals surface area contributed by atoms with Crippen molar-refractivity contribution in [1.82, 2.24) is 9.78 Å². The molecule has 0 saturated heterocycles. The largest absolute Gasteiger partial charge is 0.489 e. The zero-order valence-electron chi connectivity index (χ0n) is 13.0. The number of carbonyl (C=O) groups is 1. The lowest BCUT2D eigenvalue weighted by atomic mass is 10.1. The number of carboxylic acids is 1. The van der Waals surface area contributed by atoms with Crippen LogP contribution in [-0.2, 0) is 0 Å². The van der Waals surface area contributed by atoms with Gasteiger partial charge in [0.25, 0.3) is 0 Å². The topological polar surface area (TPSA) is 81.4 Å². The maximum absolute atomic E-state index is 13.2. The number of rotatable bonds is 5. The Morgan fingerprint density at radius 1 is 1.28 bits per heavy atom. The molecule has 2 aromatic carbocycles. The molecule has 0 amide bonds. The maximum Gasteiger partial charge on any atom is 0.360 e. The third-order valence-electron chi connectivity index (χ3n) is 3.51. The standard InChI is InChI=1S/C18H13FN2O4/c1-2-10-25-14-5-3-4-13-15(14)17(22)16(18(23)24)20-21(13)12-8-6-11(19)7-9-12/h2-9H,1,10H2,(H,23,24). The maximum atomic E-state index is 13.2. The van der Waals surface area contributed by atoms with Crippen LogP contribution in [0.3, 0.4) is 0 Å². The number of halogens is 1. The van der Waals surface area contributed by atoms with Gasteiger partial charge in [-0.15, -0.1) is 0 Å². The van der Waals surface area contributed by atoms with Crippen LogP contribution in [0.1, 0.15) is 10.5 Å². The van der Waals surface area contributed by atoms with E-state index in [2.05, 4.69) is 11.7 Å². The van der Waals surface area contributed by atoms with E-state index in [1.807, 2.05) is 0 Å². The molecule has 1 aromatic heterocycles. The Morgan fingerprint density at radius 3 is 2.64 bits per heavy atom. The van der Waals surface area contributed by atoms with Crippen LogP contribution in [0.4, 0.5) is 4.39 Å². The van der Waals surface area contributed by atoms with Crippen LogP contribution in [0.2, 0.25) is 0 Å². The molecule has 0 saturated carbocycles. The summed E-state index contributed by atoms with van der Waals surface area (Å²) in [5.41, 5.74) is -0.634. The van der Waals surface area contributed by atoms with Gasteiger partial charge >= 0.3 is 5.97 Å². The zero-order valence-corrected chi connectivity index (χ0v) is 13.0. The molecular weight excluding hydrogens is 327 g/mol. The van der Waals surface area contributed by atoms with E-state index in [-0.39, 0.29) is 17.7 Å². The number of fused-ring (bicyclic) bond motifs is 1. The summed E-state index contributed by atoms with van der Waals surface area (Å²) in [7, 11) is 0. The van der Waals surface area contributed by atoms with E-state index in [1.165, 1.54) is 35.0 Å². The number of carboxylic acid groups (broad SMARTS) is 1. The first kappa shape index (κ1) is 16.4. The summed E-state index contributed by atoms with van der Waals surface area (Å²) in [6.07, 6.45) is 1.51. The molecule has 3 aromatic rings. The molecule has 0 unspecified atom stereocenters. The van der Waals surface area contributed by atoms with Gasteiger partial charge in [-0.3, -0.25) is 4.79 Å². The van der Waals surface area contributed by atoms with Crippen LogP contribution in [0.15, 0.2) is 59.9 Å². The van der Waals surface area contributed by atoms with Gasteiger partial charge in [0, 0.05) is 0 Å². The van der Waals surface area contributed by atoms with Crippen molar-refractivity contribution in [2.24, 2.45) is 0 Å². The molecule has 7 heteroatoms. The molecule has 0 aliphatic rings. The summed E-state index contributed by atoms with van der Waals surface area (Å²) in [5.74, 6) is -1.67. The Bertz CT molecular complexity index is 1030. The molecule has 6 nitrogen and oxygen atoms in total. The summed E-state index contributed by atoms with van der Waals surface area (Å²) >= 11 is 0. The first-order valence-electron chi connectivity index (χ1n) is 7.32. The van der Waals surface area contributed by atoms with E-state index < -0.39 is 22.9 Å².